The summed E-state index contributed by atoms with van der Waals surface area (Å²) in [4.78, 5) is 15.3. The minimum atomic E-state index is -0.518. The lowest BCUT2D eigenvalue weighted by atomic mass is 9.98. The summed E-state index contributed by atoms with van der Waals surface area (Å²) < 4.78 is 79.1. The van der Waals surface area contributed by atoms with Crippen LogP contribution in [0.4, 0.5) is 0 Å². The van der Waals surface area contributed by atoms with Crippen LogP contribution in [0.3, 0.4) is 0 Å². The van der Waals surface area contributed by atoms with E-state index in [4.69, 9.17) is 27.6 Å². The average Bonchev–Trinajstić information content (AvgIpc) is 3.91. The minimum Gasteiger partial charge on any atom is -0.456 e. The number of hydrogen-bond acceptors (Lipinski definition) is 4. The van der Waals surface area contributed by atoms with Crippen LogP contribution in [0.1, 0.15) is 11.0 Å². The van der Waals surface area contributed by atoms with E-state index in [1.165, 1.54) is 4.57 Å². The summed E-state index contributed by atoms with van der Waals surface area (Å²) in [6.07, 6.45) is 0. The monoisotopic (exact) mass is 724 g/mol. The molecular weight excluding hydrogens is 685 g/mol. The Morgan fingerprint density at radius 3 is 1.62 bits per heavy atom. The van der Waals surface area contributed by atoms with Gasteiger partial charge in [0.25, 0.3) is 0 Å². The van der Waals surface area contributed by atoms with Crippen LogP contribution < -0.4 is 0 Å². The topological polar surface area (TPSA) is 56.7 Å². The highest BCUT2D eigenvalue weighted by Gasteiger charge is 2.21. The molecule has 5 nitrogen and oxygen atoms in total. The molecule has 0 unspecified atom stereocenters. The Bertz CT molecular complexity index is 3630. The Morgan fingerprint density at radius 2 is 0.911 bits per heavy atom. The largest absolute Gasteiger partial charge is 0.456 e. The van der Waals surface area contributed by atoms with Crippen molar-refractivity contribution < 1.29 is 15.4 Å². The van der Waals surface area contributed by atoms with Gasteiger partial charge in [0.05, 0.1) is 27.7 Å². The van der Waals surface area contributed by atoms with Crippen LogP contribution in [0.2, 0.25) is 0 Å². The third-order valence-electron chi connectivity index (χ3n) is 10.1. The van der Waals surface area contributed by atoms with E-state index in [9.17, 15) is 2.74 Å². The van der Waals surface area contributed by atoms with Gasteiger partial charge in [0.15, 0.2) is 17.5 Å². The molecule has 0 aliphatic rings. The second kappa shape index (κ2) is 13.0. The summed E-state index contributed by atoms with van der Waals surface area (Å²) in [6.45, 7) is 0. The van der Waals surface area contributed by atoms with Crippen LogP contribution in [0, 0.1) is 0 Å². The molecule has 11 rings (SSSR count). The van der Waals surface area contributed by atoms with E-state index in [-0.39, 0.29) is 27.6 Å². The Morgan fingerprint density at radius 1 is 0.393 bits per heavy atom. The molecule has 0 radical (unpaired) electrons. The number of fused-ring (bicyclic) bond motifs is 6. The lowest BCUT2D eigenvalue weighted by molar-refractivity contribution is 0.669. The molecule has 0 bridgehead atoms. The van der Waals surface area contributed by atoms with Gasteiger partial charge in [-0.25, -0.2) is 15.0 Å². The van der Waals surface area contributed by atoms with Crippen LogP contribution in [0.25, 0.3) is 106 Å². The molecule has 0 N–H and O–H groups in total. The van der Waals surface area contributed by atoms with Gasteiger partial charge in [-0.2, -0.15) is 0 Å². The molecule has 3 heterocycles. The van der Waals surface area contributed by atoms with Crippen LogP contribution in [-0.2, 0) is 0 Å². The van der Waals surface area contributed by atoms with Crippen molar-refractivity contribution >= 4 is 43.7 Å². The van der Waals surface area contributed by atoms with Crippen LogP contribution in [0.15, 0.2) is 198 Å². The number of benzene rings is 8. The summed E-state index contributed by atoms with van der Waals surface area (Å²) >= 11 is 0. The number of rotatable bonds is 6. The molecule has 5 heteroatoms. The van der Waals surface area contributed by atoms with Crippen LogP contribution in [-0.4, -0.2) is 19.5 Å². The first-order valence-corrected chi connectivity index (χ1v) is 18.1. The van der Waals surface area contributed by atoms with Crippen molar-refractivity contribution in [2.75, 3.05) is 0 Å². The van der Waals surface area contributed by atoms with Crippen molar-refractivity contribution in [2.24, 2.45) is 0 Å². The first kappa shape index (κ1) is 24.6. The zero-order chi connectivity index (χ0) is 44.0. The number of nitrogens with zero attached hydrogens (tertiary/aromatic N) is 4. The fourth-order valence-electron chi connectivity index (χ4n) is 7.44. The fraction of sp³-hybridized carbons (Fsp3) is 0. The molecule has 8 aromatic carbocycles. The number of para-hydroxylation sites is 3. The molecule has 0 fully saturated rings. The van der Waals surface area contributed by atoms with Gasteiger partial charge in [-0.1, -0.05) is 145 Å². The summed E-state index contributed by atoms with van der Waals surface area (Å²) in [5.74, 6) is 0.938. The fourth-order valence-corrected chi connectivity index (χ4v) is 7.44. The van der Waals surface area contributed by atoms with Gasteiger partial charge in [-0.3, -0.25) is 0 Å². The van der Waals surface area contributed by atoms with Gasteiger partial charge in [-0.15, -0.1) is 0 Å². The van der Waals surface area contributed by atoms with Crippen molar-refractivity contribution in [1.82, 2.24) is 19.5 Å². The highest BCUT2D eigenvalue weighted by Crippen LogP contribution is 2.39. The Hall–Kier alpha value is -7.63. The van der Waals surface area contributed by atoms with E-state index in [0.717, 1.165) is 44.2 Å². The molecule has 56 heavy (non-hydrogen) atoms. The van der Waals surface area contributed by atoms with Crippen LogP contribution >= 0.6 is 0 Å². The van der Waals surface area contributed by atoms with Gasteiger partial charge in [-0.05, 0) is 70.7 Å². The van der Waals surface area contributed by atoms with Gasteiger partial charge in [0.2, 0.25) is 0 Å². The second-order valence-electron chi connectivity index (χ2n) is 13.4. The van der Waals surface area contributed by atoms with Gasteiger partial charge in [0, 0.05) is 38.2 Å². The van der Waals surface area contributed by atoms with E-state index in [0.29, 0.717) is 34.0 Å². The van der Waals surface area contributed by atoms with Crippen LogP contribution in [0.5, 0.6) is 0 Å². The molecule has 0 amide bonds. The highest BCUT2D eigenvalue weighted by molar-refractivity contribution is 6.10. The summed E-state index contributed by atoms with van der Waals surface area (Å²) in [7, 11) is 0. The zero-order valence-electron chi connectivity index (χ0n) is 37.6. The van der Waals surface area contributed by atoms with E-state index in [2.05, 4.69) is 0 Å². The van der Waals surface area contributed by atoms with Crippen molar-refractivity contribution in [3.63, 3.8) is 0 Å². The third kappa shape index (κ3) is 5.37. The number of aromatic nitrogens is 4. The maximum atomic E-state index is 9.27. The van der Waals surface area contributed by atoms with Crippen molar-refractivity contribution in [1.29, 1.82) is 0 Å². The summed E-state index contributed by atoms with van der Waals surface area (Å²) in [5.41, 5.74) is 7.33. The van der Waals surface area contributed by atoms with E-state index >= 15 is 0 Å². The molecule has 0 aliphatic carbocycles. The van der Waals surface area contributed by atoms with Crippen molar-refractivity contribution in [2.45, 2.75) is 0 Å². The number of furan rings is 1. The summed E-state index contributed by atoms with van der Waals surface area (Å²) in [5, 5.41) is 1.76. The standard InChI is InChI=1S/C51H32N4O/c1-3-13-33(14-4-1)34-23-25-35(26-24-34)37-27-29-46(55-44-20-10-7-17-39(44)40-18-8-11-21-45(40)55)43(31-37)51-53-49(36-15-5-2-6-16-36)52-50(54-51)38-28-30-48-42(32-38)41-19-9-12-22-47(41)56-48/h1-32H/i7D,8D,10D,11D,17D,18D,20D,21D. The molecule has 0 saturated heterocycles. The predicted octanol–water partition coefficient (Wildman–Crippen LogP) is 13.2. The maximum absolute atomic E-state index is 9.27. The normalized spacial score (nSPS) is 13.6. The molecule has 11 aromatic rings. The van der Waals surface area contributed by atoms with Crippen molar-refractivity contribution in [3.8, 4) is 62.1 Å². The third-order valence-corrected chi connectivity index (χ3v) is 10.1. The average molecular weight is 725 g/mol. The molecule has 0 aliphatic heterocycles. The SMILES string of the molecule is [2H]c1c([2H])c([2H])c2c(c1[2H])c1c([2H])c([2H])c([2H])c([2H])c1n2-c1ccc(-c2ccc(-c3ccccc3)cc2)cc1-c1nc(-c2ccccc2)nc(-c2ccc3oc4ccccc4c3c2)n1. The quantitative estimate of drug-likeness (QED) is 0.171. The minimum absolute atomic E-state index is 0.0101. The molecular formula is C51H32N4O. The van der Waals surface area contributed by atoms with E-state index in [1.807, 2.05) is 140 Å². The lowest BCUT2D eigenvalue weighted by Gasteiger charge is -2.16. The Kier molecular flexibility index (Phi) is 5.74. The molecule has 0 atom stereocenters. The first-order valence-electron chi connectivity index (χ1n) is 22.1. The van der Waals surface area contributed by atoms with Gasteiger partial charge in [0.1, 0.15) is 11.2 Å². The first-order chi connectivity index (χ1) is 31.1. The van der Waals surface area contributed by atoms with Gasteiger partial charge >= 0.3 is 0 Å². The van der Waals surface area contributed by atoms with Gasteiger partial charge < -0.3 is 8.98 Å². The maximum Gasteiger partial charge on any atom is 0.166 e. The Balaban J connectivity index is 1.24. The smallest absolute Gasteiger partial charge is 0.166 e. The molecule has 0 spiro atoms. The predicted molar refractivity (Wildman–Crippen MR) is 229 cm³/mol. The van der Waals surface area contributed by atoms with E-state index < -0.39 is 48.3 Å². The molecule has 0 saturated carbocycles. The zero-order valence-corrected chi connectivity index (χ0v) is 29.6. The number of hydrogen-bond donors (Lipinski definition) is 0. The molecule has 262 valence electrons. The molecule has 3 aromatic heterocycles. The Labute approximate surface area is 334 Å². The van der Waals surface area contributed by atoms with Crippen molar-refractivity contribution in [3.05, 3.63) is 194 Å². The highest BCUT2D eigenvalue weighted by atomic mass is 16.3. The second-order valence-corrected chi connectivity index (χ2v) is 13.4. The summed E-state index contributed by atoms with van der Waals surface area (Å²) in [6, 6.07) is 43.1. The lowest BCUT2D eigenvalue weighted by Crippen LogP contribution is -2.04. The van der Waals surface area contributed by atoms with E-state index in [1.54, 1.807) is 6.07 Å².